The molecule has 1 aliphatic heterocycles. The SMILES string of the molecule is O=C(COC(=O)CC1c2ccccc2CCN1S(=O)(=O)c1ccc(F)cc1)Nc1ncc([N+](=O)[O-])s1. The Kier molecular flexibility index (Phi) is 7.37. The fourth-order valence-corrected chi connectivity index (χ4v) is 6.05. The average Bonchev–Trinajstić information content (AvgIpc) is 3.32. The molecule has 2 aromatic carbocycles. The van der Waals surface area contributed by atoms with Crippen molar-refractivity contribution in [2.45, 2.75) is 23.8 Å². The number of hydrogen-bond donors (Lipinski definition) is 1. The first-order chi connectivity index (χ1) is 17.1. The van der Waals surface area contributed by atoms with Crippen LogP contribution >= 0.6 is 11.3 Å². The molecule has 1 atom stereocenters. The third-order valence-electron chi connectivity index (χ3n) is 5.43. The lowest BCUT2D eigenvalue weighted by Gasteiger charge is -2.36. The maximum Gasteiger partial charge on any atom is 0.345 e. The Labute approximate surface area is 208 Å². The van der Waals surface area contributed by atoms with E-state index in [0.29, 0.717) is 23.3 Å². The van der Waals surface area contributed by atoms with Crippen LogP contribution in [0.15, 0.2) is 59.6 Å². The predicted octanol–water partition coefficient (Wildman–Crippen LogP) is 3.05. The Bertz CT molecular complexity index is 1410. The largest absolute Gasteiger partial charge is 0.456 e. The summed E-state index contributed by atoms with van der Waals surface area (Å²) in [5, 5.41) is 12.7. The highest BCUT2D eigenvalue weighted by atomic mass is 32.2. The molecule has 188 valence electrons. The molecule has 2 heterocycles. The van der Waals surface area contributed by atoms with Crippen molar-refractivity contribution in [2.75, 3.05) is 18.5 Å². The number of nitro groups is 1. The summed E-state index contributed by atoms with van der Waals surface area (Å²) >= 11 is 0.647. The summed E-state index contributed by atoms with van der Waals surface area (Å²) < 4.78 is 46.3. The predicted molar refractivity (Wildman–Crippen MR) is 126 cm³/mol. The lowest BCUT2D eigenvalue weighted by atomic mass is 9.92. The summed E-state index contributed by atoms with van der Waals surface area (Å²) in [6.07, 6.45) is 1.04. The summed E-state index contributed by atoms with van der Waals surface area (Å²) in [6.45, 7) is -0.594. The van der Waals surface area contributed by atoms with Crippen LogP contribution in [0.1, 0.15) is 23.6 Å². The molecule has 0 aliphatic carbocycles. The van der Waals surface area contributed by atoms with Crippen molar-refractivity contribution in [3.05, 3.63) is 81.8 Å². The third kappa shape index (κ3) is 5.56. The molecule has 3 aromatic rings. The van der Waals surface area contributed by atoms with Crippen molar-refractivity contribution >= 4 is 43.4 Å². The first-order valence-corrected chi connectivity index (χ1v) is 12.8. The zero-order valence-electron chi connectivity index (χ0n) is 18.5. The fraction of sp³-hybridized carbons (Fsp3) is 0.227. The minimum Gasteiger partial charge on any atom is -0.456 e. The zero-order chi connectivity index (χ0) is 25.9. The van der Waals surface area contributed by atoms with Gasteiger partial charge in [-0.25, -0.2) is 17.8 Å². The maximum atomic E-state index is 13.4. The van der Waals surface area contributed by atoms with Gasteiger partial charge in [0.15, 0.2) is 11.7 Å². The molecular formula is C22H19FN4O7S2. The molecule has 11 nitrogen and oxygen atoms in total. The Morgan fingerprint density at radius 3 is 2.64 bits per heavy atom. The smallest absolute Gasteiger partial charge is 0.345 e. The number of anilines is 1. The van der Waals surface area contributed by atoms with E-state index in [1.54, 1.807) is 12.1 Å². The van der Waals surface area contributed by atoms with Gasteiger partial charge in [0.05, 0.1) is 22.3 Å². The second kappa shape index (κ2) is 10.5. The van der Waals surface area contributed by atoms with Crippen LogP contribution in [0.25, 0.3) is 0 Å². The third-order valence-corrected chi connectivity index (χ3v) is 8.21. The number of nitrogens with zero attached hydrogens (tertiary/aromatic N) is 3. The molecule has 0 saturated heterocycles. The quantitative estimate of drug-likeness (QED) is 0.263. The van der Waals surface area contributed by atoms with Gasteiger partial charge in [0.1, 0.15) is 12.0 Å². The van der Waals surface area contributed by atoms with Crippen molar-refractivity contribution < 1.29 is 32.1 Å². The van der Waals surface area contributed by atoms with Gasteiger partial charge >= 0.3 is 11.0 Å². The highest BCUT2D eigenvalue weighted by Crippen LogP contribution is 2.36. The molecule has 1 N–H and O–H groups in total. The van der Waals surface area contributed by atoms with Gasteiger partial charge in [0.2, 0.25) is 10.0 Å². The molecule has 14 heteroatoms. The average molecular weight is 535 g/mol. The van der Waals surface area contributed by atoms with Crippen LogP contribution in [0, 0.1) is 15.9 Å². The van der Waals surface area contributed by atoms with Gasteiger partial charge in [0, 0.05) is 6.54 Å². The highest BCUT2D eigenvalue weighted by molar-refractivity contribution is 7.89. The number of ether oxygens (including phenoxy) is 1. The van der Waals surface area contributed by atoms with Crippen LogP contribution in [0.2, 0.25) is 0 Å². The number of benzene rings is 2. The fourth-order valence-electron chi connectivity index (χ4n) is 3.80. The van der Waals surface area contributed by atoms with Crippen molar-refractivity contribution in [1.82, 2.24) is 9.29 Å². The van der Waals surface area contributed by atoms with Gasteiger partial charge in [-0.1, -0.05) is 24.3 Å². The number of esters is 1. The highest BCUT2D eigenvalue weighted by Gasteiger charge is 2.38. The van der Waals surface area contributed by atoms with E-state index in [2.05, 4.69) is 10.3 Å². The molecule has 1 unspecified atom stereocenters. The van der Waals surface area contributed by atoms with Gasteiger partial charge < -0.3 is 4.74 Å². The summed E-state index contributed by atoms with van der Waals surface area (Å²) in [5.41, 5.74) is 1.51. The van der Waals surface area contributed by atoms with Crippen LogP contribution in [0.3, 0.4) is 0 Å². The van der Waals surface area contributed by atoms with E-state index in [1.807, 2.05) is 12.1 Å². The number of carbonyl (C=O) groups is 2. The van der Waals surface area contributed by atoms with Gasteiger partial charge in [0.25, 0.3) is 5.91 Å². The summed E-state index contributed by atoms with van der Waals surface area (Å²) in [6, 6.07) is 10.6. The van der Waals surface area contributed by atoms with Crippen molar-refractivity contribution in [3.8, 4) is 0 Å². The van der Waals surface area contributed by atoms with E-state index in [9.17, 15) is 32.5 Å². The molecule has 1 amide bonds. The molecular weight excluding hydrogens is 515 g/mol. The van der Waals surface area contributed by atoms with Crippen LogP contribution < -0.4 is 5.32 Å². The molecule has 1 aromatic heterocycles. The van der Waals surface area contributed by atoms with Gasteiger partial charge in [-0.3, -0.25) is 25.0 Å². The first kappa shape index (κ1) is 25.3. The molecule has 0 saturated carbocycles. The number of thiazole rings is 1. The van der Waals surface area contributed by atoms with E-state index in [0.717, 1.165) is 36.0 Å². The zero-order valence-corrected chi connectivity index (χ0v) is 20.1. The maximum absolute atomic E-state index is 13.4. The molecule has 0 radical (unpaired) electrons. The number of rotatable bonds is 8. The summed E-state index contributed by atoms with van der Waals surface area (Å²) in [5.74, 6) is -2.16. The standard InChI is InChI=1S/C22H19FN4O7S2/c23-15-5-7-16(8-6-15)36(32,33)26-10-9-14-3-1-2-4-17(14)18(26)11-21(29)34-13-19(28)25-22-24-12-20(35-22)27(30)31/h1-8,12,18H,9-11,13H2,(H,24,25,28). The van der Waals surface area contributed by atoms with Crippen LogP contribution in [-0.2, 0) is 30.8 Å². The van der Waals surface area contributed by atoms with Gasteiger partial charge in [-0.2, -0.15) is 4.31 Å². The minimum atomic E-state index is -4.08. The number of aromatic nitrogens is 1. The Hall–Kier alpha value is -3.75. The Morgan fingerprint density at radius 2 is 1.94 bits per heavy atom. The normalized spacial score (nSPS) is 15.6. The summed E-state index contributed by atoms with van der Waals surface area (Å²) in [7, 11) is -4.08. The Morgan fingerprint density at radius 1 is 1.22 bits per heavy atom. The molecule has 0 bridgehead atoms. The Balaban J connectivity index is 1.48. The van der Waals surface area contributed by atoms with Crippen molar-refractivity contribution in [1.29, 1.82) is 0 Å². The van der Waals surface area contributed by atoms with Crippen molar-refractivity contribution in [3.63, 3.8) is 0 Å². The number of nitrogens with one attached hydrogen (secondary N) is 1. The van der Waals surface area contributed by atoms with Crippen molar-refractivity contribution in [2.24, 2.45) is 0 Å². The molecule has 4 rings (SSSR count). The van der Waals surface area contributed by atoms with Gasteiger partial charge in [-0.05, 0) is 53.1 Å². The summed E-state index contributed by atoms with van der Waals surface area (Å²) in [4.78, 5) is 38.4. The second-order valence-electron chi connectivity index (χ2n) is 7.71. The molecule has 1 aliphatic rings. The first-order valence-electron chi connectivity index (χ1n) is 10.6. The van der Waals surface area contributed by atoms with Crippen LogP contribution in [0.5, 0.6) is 0 Å². The second-order valence-corrected chi connectivity index (χ2v) is 10.6. The minimum absolute atomic E-state index is 0.0273. The van der Waals surface area contributed by atoms with E-state index >= 15 is 0 Å². The van der Waals surface area contributed by atoms with E-state index in [4.69, 9.17) is 4.74 Å². The van der Waals surface area contributed by atoms with E-state index in [1.165, 1.54) is 4.31 Å². The topological polar surface area (TPSA) is 149 Å². The van der Waals surface area contributed by atoms with Crippen LogP contribution in [0.4, 0.5) is 14.5 Å². The molecule has 0 fully saturated rings. The molecule has 36 heavy (non-hydrogen) atoms. The number of hydrogen-bond acceptors (Lipinski definition) is 9. The number of amides is 1. The van der Waals surface area contributed by atoms with E-state index < -0.39 is 45.3 Å². The number of sulfonamides is 1. The lowest BCUT2D eigenvalue weighted by Crippen LogP contribution is -2.41. The number of halogens is 1. The monoisotopic (exact) mass is 534 g/mol. The lowest BCUT2D eigenvalue weighted by molar-refractivity contribution is -0.380. The number of carbonyl (C=O) groups excluding carboxylic acids is 2. The number of fused-ring (bicyclic) bond motifs is 1. The van der Waals surface area contributed by atoms with Crippen LogP contribution in [-0.4, -0.2) is 47.7 Å². The van der Waals surface area contributed by atoms with E-state index in [-0.39, 0.29) is 28.0 Å². The van der Waals surface area contributed by atoms with Gasteiger partial charge in [-0.15, -0.1) is 0 Å². The molecule has 0 spiro atoms.